The van der Waals surface area contributed by atoms with E-state index in [9.17, 15) is 4.79 Å². The van der Waals surface area contributed by atoms with E-state index < -0.39 is 0 Å². The van der Waals surface area contributed by atoms with Crippen molar-refractivity contribution in [3.63, 3.8) is 0 Å². The van der Waals surface area contributed by atoms with Crippen molar-refractivity contribution in [2.24, 2.45) is 5.92 Å². The molecule has 0 saturated carbocycles. The molecule has 0 spiro atoms. The lowest BCUT2D eigenvalue weighted by molar-refractivity contribution is -0.128. The summed E-state index contributed by atoms with van der Waals surface area (Å²) in [5, 5.41) is 4.47. The largest absolute Gasteiger partial charge is 0.336 e. The minimum Gasteiger partial charge on any atom is -0.336 e. The lowest BCUT2D eigenvalue weighted by Gasteiger charge is -2.17. The van der Waals surface area contributed by atoms with Gasteiger partial charge in [0.15, 0.2) is 0 Å². The fourth-order valence-electron chi connectivity index (χ4n) is 2.48. The molecule has 1 aliphatic heterocycles. The highest BCUT2D eigenvalue weighted by Crippen LogP contribution is 2.27. The van der Waals surface area contributed by atoms with E-state index in [1.54, 1.807) is 0 Å². The van der Waals surface area contributed by atoms with Crippen molar-refractivity contribution in [3.05, 3.63) is 15.9 Å². The van der Waals surface area contributed by atoms with Gasteiger partial charge in [0.25, 0.3) is 0 Å². The van der Waals surface area contributed by atoms with E-state index in [0.717, 1.165) is 35.4 Å². The van der Waals surface area contributed by atoms with Gasteiger partial charge in [-0.25, -0.2) is 0 Å². The molecule has 0 aromatic carbocycles. The van der Waals surface area contributed by atoms with Crippen molar-refractivity contribution >= 4 is 21.8 Å². The quantitative estimate of drug-likeness (QED) is 0.857. The zero-order valence-corrected chi connectivity index (χ0v) is 12.8. The van der Waals surface area contributed by atoms with Crippen molar-refractivity contribution in [3.8, 4) is 0 Å². The van der Waals surface area contributed by atoms with E-state index >= 15 is 0 Å². The van der Waals surface area contributed by atoms with Gasteiger partial charge in [-0.1, -0.05) is 13.3 Å². The Kier molecular flexibility index (Phi) is 4.10. The third-order valence-corrected chi connectivity index (χ3v) is 4.70. The molecule has 1 fully saturated rings. The van der Waals surface area contributed by atoms with Crippen LogP contribution in [0.25, 0.3) is 0 Å². The summed E-state index contributed by atoms with van der Waals surface area (Å²) in [5.74, 6) is 0.797. The molecule has 0 N–H and O–H groups in total. The number of nitrogens with zero attached hydrogens (tertiary/aromatic N) is 3. The maximum absolute atomic E-state index is 11.9. The molecule has 1 amide bonds. The fourth-order valence-corrected chi connectivity index (χ4v) is 2.89. The van der Waals surface area contributed by atoms with Crippen molar-refractivity contribution in [1.82, 2.24) is 14.7 Å². The molecule has 18 heavy (non-hydrogen) atoms. The predicted octanol–water partition coefficient (Wildman–Crippen LogP) is 2.73. The summed E-state index contributed by atoms with van der Waals surface area (Å²) in [6.07, 6.45) is 1.78. The number of aryl methyl sites for hydroxylation is 2. The van der Waals surface area contributed by atoms with Crippen LogP contribution in [-0.2, 0) is 17.9 Å². The molecule has 1 atom stereocenters. The lowest BCUT2D eigenvalue weighted by atomic mass is 10.1. The summed E-state index contributed by atoms with van der Waals surface area (Å²) < 4.78 is 3.02. The molecule has 0 bridgehead atoms. The number of halogens is 1. The van der Waals surface area contributed by atoms with Gasteiger partial charge in [-0.05, 0) is 35.7 Å². The molecule has 2 rings (SSSR count). The van der Waals surface area contributed by atoms with Crippen LogP contribution in [0.3, 0.4) is 0 Å². The molecule has 4 nitrogen and oxygen atoms in total. The Bertz CT molecular complexity index is 455. The van der Waals surface area contributed by atoms with Crippen LogP contribution >= 0.6 is 15.9 Å². The number of carbonyl (C=O) groups is 1. The van der Waals surface area contributed by atoms with Crippen LogP contribution in [0.2, 0.25) is 0 Å². The molecule has 1 saturated heterocycles. The number of hydrogen-bond donors (Lipinski definition) is 0. The standard InChI is InChI=1S/C13H20BrN3O/c1-4-10-6-12(18)16(7-10)8-11-13(14)9(3)15-17(11)5-2/h10H,4-8H2,1-3H3. The van der Waals surface area contributed by atoms with Gasteiger partial charge in [0.1, 0.15) is 0 Å². The second kappa shape index (κ2) is 5.43. The monoisotopic (exact) mass is 313 g/mol. The zero-order chi connectivity index (χ0) is 13.3. The highest BCUT2D eigenvalue weighted by Gasteiger charge is 2.29. The molecular weight excluding hydrogens is 294 g/mol. The predicted molar refractivity (Wildman–Crippen MR) is 74.2 cm³/mol. The fraction of sp³-hybridized carbons (Fsp3) is 0.692. The zero-order valence-electron chi connectivity index (χ0n) is 11.2. The Morgan fingerprint density at radius 1 is 1.44 bits per heavy atom. The Labute approximate surface area is 116 Å². The third kappa shape index (κ3) is 2.46. The van der Waals surface area contributed by atoms with Gasteiger partial charge in [-0.15, -0.1) is 0 Å². The van der Waals surface area contributed by atoms with Crippen LogP contribution in [-0.4, -0.2) is 27.1 Å². The number of hydrogen-bond acceptors (Lipinski definition) is 2. The first-order valence-corrected chi connectivity index (χ1v) is 7.35. The van der Waals surface area contributed by atoms with E-state index in [2.05, 4.69) is 34.9 Å². The summed E-state index contributed by atoms with van der Waals surface area (Å²) in [6, 6.07) is 0. The van der Waals surface area contributed by atoms with Crippen LogP contribution in [0.4, 0.5) is 0 Å². The average Bonchev–Trinajstić information content (AvgIpc) is 2.84. The van der Waals surface area contributed by atoms with Crippen LogP contribution in [0, 0.1) is 12.8 Å². The molecule has 2 heterocycles. The molecule has 0 aliphatic carbocycles. The normalized spacial score (nSPS) is 19.9. The van der Waals surface area contributed by atoms with Crippen LogP contribution < -0.4 is 0 Å². The molecule has 1 aromatic rings. The highest BCUT2D eigenvalue weighted by atomic mass is 79.9. The van der Waals surface area contributed by atoms with Crippen LogP contribution in [0.5, 0.6) is 0 Å². The number of aromatic nitrogens is 2. The van der Waals surface area contributed by atoms with Gasteiger partial charge in [-0.2, -0.15) is 5.10 Å². The highest BCUT2D eigenvalue weighted by molar-refractivity contribution is 9.10. The maximum Gasteiger partial charge on any atom is 0.223 e. The first-order chi connectivity index (χ1) is 8.56. The summed E-state index contributed by atoms with van der Waals surface area (Å²) >= 11 is 3.58. The topological polar surface area (TPSA) is 38.1 Å². The first kappa shape index (κ1) is 13.6. The minimum absolute atomic E-state index is 0.273. The van der Waals surface area contributed by atoms with Gasteiger partial charge >= 0.3 is 0 Å². The Hall–Kier alpha value is -0.840. The van der Waals surface area contributed by atoms with Crippen molar-refractivity contribution in [1.29, 1.82) is 0 Å². The van der Waals surface area contributed by atoms with Gasteiger partial charge in [0, 0.05) is 19.5 Å². The summed E-state index contributed by atoms with van der Waals surface area (Å²) in [6.45, 7) is 8.60. The summed E-state index contributed by atoms with van der Waals surface area (Å²) in [4.78, 5) is 13.9. The third-order valence-electron chi connectivity index (χ3n) is 3.67. The molecule has 1 aliphatic rings. The average molecular weight is 314 g/mol. The van der Waals surface area contributed by atoms with Gasteiger partial charge < -0.3 is 4.90 Å². The Balaban J connectivity index is 2.17. The smallest absolute Gasteiger partial charge is 0.223 e. The number of rotatable bonds is 4. The van der Waals surface area contributed by atoms with Gasteiger partial charge in [0.2, 0.25) is 5.91 Å². The summed E-state index contributed by atoms with van der Waals surface area (Å²) in [7, 11) is 0. The minimum atomic E-state index is 0.273. The number of likely N-dealkylation sites (tertiary alicyclic amines) is 1. The second-order valence-corrected chi connectivity index (χ2v) is 5.71. The van der Waals surface area contributed by atoms with Crippen molar-refractivity contribution < 1.29 is 4.79 Å². The maximum atomic E-state index is 11.9. The van der Waals surface area contributed by atoms with E-state index in [1.807, 2.05) is 16.5 Å². The summed E-state index contributed by atoms with van der Waals surface area (Å²) in [5.41, 5.74) is 2.10. The van der Waals surface area contributed by atoms with E-state index in [-0.39, 0.29) is 5.91 Å². The molecular formula is C13H20BrN3O. The Morgan fingerprint density at radius 3 is 2.72 bits per heavy atom. The Morgan fingerprint density at radius 2 is 2.17 bits per heavy atom. The SMILES string of the molecule is CCC1CC(=O)N(Cc2c(Br)c(C)nn2CC)C1. The van der Waals surface area contributed by atoms with Crippen molar-refractivity contribution in [2.45, 2.75) is 46.7 Å². The van der Waals surface area contributed by atoms with E-state index in [0.29, 0.717) is 18.9 Å². The second-order valence-electron chi connectivity index (χ2n) is 4.91. The molecule has 1 unspecified atom stereocenters. The molecule has 100 valence electrons. The van der Waals surface area contributed by atoms with Crippen molar-refractivity contribution in [2.75, 3.05) is 6.54 Å². The lowest BCUT2D eigenvalue weighted by Crippen LogP contribution is -2.26. The first-order valence-electron chi connectivity index (χ1n) is 6.56. The van der Waals surface area contributed by atoms with Gasteiger partial charge in [-0.3, -0.25) is 9.48 Å². The number of amides is 1. The van der Waals surface area contributed by atoms with Crippen LogP contribution in [0.1, 0.15) is 38.1 Å². The molecule has 5 heteroatoms. The van der Waals surface area contributed by atoms with Gasteiger partial charge in [0.05, 0.1) is 22.4 Å². The van der Waals surface area contributed by atoms with E-state index in [1.165, 1.54) is 0 Å². The molecule has 1 aromatic heterocycles. The van der Waals surface area contributed by atoms with Crippen LogP contribution in [0.15, 0.2) is 4.47 Å². The van der Waals surface area contributed by atoms with E-state index in [4.69, 9.17) is 0 Å². The number of carbonyl (C=O) groups excluding carboxylic acids is 1. The molecule has 0 radical (unpaired) electrons.